The van der Waals surface area contributed by atoms with Crippen molar-refractivity contribution in [2.45, 2.75) is 6.42 Å². The number of ether oxygens (including phenoxy) is 3. The van der Waals surface area contributed by atoms with E-state index in [0.29, 0.717) is 49.0 Å². The lowest BCUT2D eigenvalue weighted by atomic mass is 10.1. The largest absolute Gasteiger partial charge is 0.493 e. The lowest BCUT2D eigenvalue weighted by molar-refractivity contribution is -0.130. The lowest BCUT2D eigenvalue weighted by Crippen LogP contribution is -2.49. The molecule has 1 aliphatic rings. The second-order valence-corrected chi connectivity index (χ2v) is 6.59. The number of hydrogen-bond acceptors (Lipinski definition) is 7. The molecule has 1 amide bonds. The number of anilines is 1. The van der Waals surface area contributed by atoms with Gasteiger partial charge in [0, 0.05) is 32.4 Å². The minimum absolute atomic E-state index is 0.0395. The molecule has 0 radical (unpaired) electrons. The van der Waals surface area contributed by atoms with Crippen LogP contribution in [-0.2, 0) is 11.2 Å². The maximum Gasteiger partial charge on any atom is 0.227 e. The number of methoxy groups -OCH3 is 3. The highest BCUT2D eigenvalue weighted by atomic mass is 16.5. The summed E-state index contributed by atoms with van der Waals surface area (Å²) in [4.78, 5) is 21.1. The average molecular weight is 396 g/mol. The predicted octanol–water partition coefficient (Wildman–Crippen LogP) is 1.87. The second-order valence-electron chi connectivity index (χ2n) is 6.59. The van der Waals surface area contributed by atoms with Gasteiger partial charge >= 0.3 is 0 Å². The minimum atomic E-state index is 0.0395. The van der Waals surface area contributed by atoms with Crippen molar-refractivity contribution in [3.63, 3.8) is 0 Å². The number of amides is 1. The number of carbonyl (C=O) groups excluding carboxylic acids is 1. The lowest BCUT2D eigenvalue weighted by Gasteiger charge is -2.35. The summed E-state index contributed by atoms with van der Waals surface area (Å²) in [5.74, 6) is 2.37. The van der Waals surface area contributed by atoms with E-state index in [4.69, 9.17) is 19.5 Å². The Bertz CT molecular complexity index is 892. The maximum absolute atomic E-state index is 12.8. The maximum atomic E-state index is 12.8. The van der Waals surface area contributed by atoms with Gasteiger partial charge in [0.25, 0.3) is 0 Å². The molecule has 0 unspecified atom stereocenters. The topological polar surface area (TPSA) is 87.9 Å². The molecule has 0 saturated carbocycles. The number of benzene rings is 1. The number of nitriles is 1. The summed E-state index contributed by atoms with van der Waals surface area (Å²) in [5.41, 5.74) is 1.38. The molecule has 2 heterocycles. The number of carbonyl (C=O) groups is 1. The van der Waals surface area contributed by atoms with Gasteiger partial charge in [-0.1, -0.05) is 0 Å². The van der Waals surface area contributed by atoms with Crippen LogP contribution < -0.4 is 19.1 Å². The molecule has 8 heteroatoms. The monoisotopic (exact) mass is 396 g/mol. The molecule has 1 aromatic carbocycles. The number of pyridine rings is 1. The summed E-state index contributed by atoms with van der Waals surface area (Å²) < 4.78 is 16.1. The quantitative estimate of drug-likeness (QED) is 0.736. The van der Waals surface area contributed by atoms with E-state index in [1.54, 1.807) is 51.8 Å². The molecule has 0 atom stereocenters. The Morgan fingerprint density at radius 3 is 2.28 bits per heavy atom. The molecular formula is C21H24N4O4. The first-order chi connectivity index (χ1) is 14.1. The Hall–Kier alpha value is -3.47. The summed E-state index contributed by atoms with van der Waals surface area (Å²) in [6.45, 7) is 2.54. The molecule has 0 N–H and O–H groups in total. The second kappa shape index (κ2) is 9.15. The van der Waals surface area contributed by atoms with Gasteiger partial charge < -0.3 is 24.0 Å². The predicted molar refractivity (Wildman–Crippen MR) is 108 cm³/mol. The fourth-order valence-electron chi connectivity index (χ4n) is 3.37. The number of nitrogens with zero attached hydrogens (tertiary/aromatic N) is 4. The van der Waals surface area contributed by atoms with Crippen LogP contribution >= 0.6 is 0 Å². The van der Waals surface area contributed by atoms with Crippen LogP contribution in [-0.4, -0.2) is 63.3 Å². The van der Waals surface area contributed by atoms with Gasteiger partial charge in [-0.15, -0.1) is 0 Å². The van der Waals surface area contributed by atoms with E-state index in [9.17, 15) is 4.79 Å². The van der Waals surface area contributed by atoms with Crippen LogP contribution in [0.25, 0.3) is 0 Å². The van der Waals surface area contributed by atoms with Gasteiger partial charge in [0.1, 0.15) is 5.82 Å². The first-order valence-corrected chi connectivity index (χ1v) is 9.27. The third-order valence-corrected chi connectivity index (χ3v) is 4.91. The van der Waals surface area contributed by atoms with Crippen LogP contribution in [0.5, 0.6) is 17.2 Å². The molecule has 8 nitrogen and oxygen atoms in total. The van der Waals surface area contributed by atoms with E-state index in [-0.39, 0.29) is 12.3 Å². The highest BCUT2D eigenvalue weighted by Gasteiger charge is 2.23. The van der Waals surface area contributed by atoms with Crippen LogP contribution in [0, 0.1) is 11.3 Å². The first-order valence-electron chi connectivity index (χ1n) is 9.27. The Balaban J connectivity index is 1.65. The molecule has 1 aromatic heterocycles. The van der Waals surface area contributed by atoms with Crippen molar-refractivity contribution in [2.24, 2.45) is 0 Å². The summed E-state index contributed by atoms with van der Waals surface area (Å²) in [5, 5.41) is 9.05. The first kappa shape index (κ1) is 20.3. The summed E-state index contributed by atoms with van der Waals surface area (Å²) in [6, 6.07) is 9.18. The normalized spacial score (nSPS) is 13.6. The van der Waals surface area contributed by atoms with Crippen molar-refractivity contribution < 1.29 is 19.0 Å². The van der Waals surface area contributed by atoms with Crippen molar-refractivity contribution in [3.8, 4) is 23.3 Å². The number of piperazine rings is 1. The smallest absolute Gasteiger partial charge is 0.227 e. The molecule has 0 bridgehead atoms. The van der Waals surface area contributed by atoms with E-state index in [1.165, 1.54) is 0 Å². The highest BCUT2D eigenvalue weighted by Crippen LogP contribution is 2.38. The van der Waals surface area contributed by atoms with Crippen molar-refractivity contribution >= 4 is 11.7 Å². The van der Waals surface area contributed by atoms with E-state index in [1.807, 2.05) is 4.90 Å². The summed E-state index contributed by atoms with van der Waals surface area (Å²) in [7, 11) is 4.65. The average Bonchev–Trinajstić information content (AvgIpc) is 2.78. The molecule has 1 saturated heterocycles. The summed E-state index contributed by atoms with van der Waals surface area (Å²) >= 11 is 0. The van der Waals surface area contributed by atoms with E-state index >= 15 is 0 Å². The van der Waals surface area contributed by atoms with Gasteiger partial charge in [-0.2, -0.15) is 5.26 Å². The molecule has 1 fully saturated rings. The Kier molecular flexibility index (Phi) is 6.39. The van der Waals surface area contributed by atoms with E-state index in [2.05, 4.69) is 16.0 Å². The van der Waals surface area contributed by atoms with Crippen molar-refractivity contribution in [3.05, 3.63) is 41.6 Å². The fourth-order valence-corrected chi connectivity index (χ4v) is 3.37. The van der Waals surface area contributed by atoms with E-state index in [0.717, 1.165) is 11.4 Å². The van der Waals surface area contributed by atoms with Crippen LogP contribution in [0.2, 0.25) is 0 Å². The fraction of sp³-hybridized carbons (Fsp3) is 0.381. The van der Waals surface area contributed by atoms with Crippen LogP contribution in [0.4, 0.5) is 5.82 Å². The van der Waals surface area contributed by atoms with Gasteiger partial charge in [-0.3, -0.25) is 4.79 Å². The van der Waals surface area contributed by atoms with Crippen LogP contribution in [0.15, 0.2) is 30.5 Å². The number of rotatable bonds is 6. The highest BCUT2D eigenvalue weighted by molar-refractivity contribution is 5.79. The zero-order valence-electron chi connectivity index (χ0n) is 16.8. The van der Waals surface area contributed by atoms with Crippen LogP contribution in [0.3, 0.4) is 0 Å². The van der Waals surface area contributed by atoms with Crippen molar-refractivity contribution in [2.75, 3.05) is 52.4 Å². The Morgan fingerprint density at radius 1 is 1.07 bits per heavy atom. The molecule has 3 rings (SSSR count). The van der Waals surface area contributed by atoms with Crippen LogP contribution in [0.1, 0.15) is 11.1 Å². The molecule has 29 heavy (non-hydrogen) atoms. The third kappa shape index (κ3) is 4.51. The zero-order valence-corrected chi connectivity index (χ0v) is 16.8. The minimum Gasteiger partial charge on any atom is -0.493 e. The number of hydrogen-bond donors (Lipinski definition) is 0. The van der Waals surface area contributed by atoms with Gasteiger partial charge in [0.15, 0.2) is 11.5 Å². The van der Waals surface area contributed by atoms with Gasteiger partial charge in [0.05, 0.1) is 39.4 Å². The number of aromatic nitrogens is 1. The molecular weight excluding hydrogens is 372 g/mol. The SMILES string of the molecule is COc1cc(CC(=O)N2CCN(c3cc(C#N)ccn3)CC2)cc(OC)c1OC. The standard InChI is InChI=1S/C21H24N4O4/c1-27-17-10-16(11-18(28-2)21(17)29-3)13-20(26)25-8-6-24(7-9-25)19-12-15(14-22)4-5-23-19/h4-5,10-12H,6-9,13H2,1-3H3. The van der Waals surface area contributed by atoms with Crippen molar-refractivity contribution in [1.29, 1.82) is 5.26 Å². The molecule has 0 spiro atoms. The third-order valence-electron chi connectivity index (χ3n) is 4.91. The van der Waals surface area contributed by atoms with Crippen molar-refractivity contribution in [1.82, 2.24) is 9.88 Å². The molecule has 0 aliphatic carbocycles. The van der Waals surface area contributed by atoms with Gasteiger partial charge in [0.2, 0.25) is 11.7 Å². The van der Waals surface area contributed by atoms with Gasteiger partial charge in [-0.05, 0) is 29.8 Å². The van der Waals surface area contributed by atoms with Gasteiger partial charge in [-0.25, -0.2) is 4.98 Å². The Morgan fingerprint density at radius 2 is 1.72 bits per heavy atom. The molecule has 152 valence electrons. The summed E-state index contributed by atoms with van der Waals surface area (Å²) in [6.07, 6.45) is 1.88. The molecule has 1 aliphatic heterocycles. The zero-order chi connectivity index (χ0) is 20.8. The molecule has 2 aromatic rings. The van der Waals surface area contributed by atoms with E-state index < -0.39 is 0 Å². The Labute approximate surface area is 170 Å².